The van der Waals surface area contributed by atoms with E-state index in [2.05, 4.69) is 5.32 Å². The Morgan fingerprint density at radius 2 is 2.17 bits per heavy atom. The highest BCUT2D eigenvalue weighted by molar-refractivity contribution is 6.30. The largest absolute Gasteiger partial charge is 0.444 e. The van der Waals surface area contributed by atoms with Crippen LogP contribution in [0.1, 0.15) is 32.4 Å². The monoisotopic (exact) mass is 269 g/mol. The molecule has 1 atom stereocenters. The molecule has 5 heteroatoms. The fraction of sp³-hybridized carbons (Fsp3) is 0.462. The molecule has 0 radical (unpaired) electrons. The van der Waals surface area contributed by atoms with E-state index < -0.39 is 11.7 Å². The zero-order chi connectivity index (χ0) is 13.3. The molecule has 18 heavy (non-hydrogen) atoms. The van der Waals surface area contributed by atoms with Crippen molar-refractivity contribution in [2.24, 2.45) is 0 Å². The number of nitrogens with one attached hydrogen (secondary N) is 1. The molecule has 1 aliphatic heterocycles. The van der Waals surface area contributed by atoms with Crippen LogP contribution in [0.4, 0.5) is 10.5 Å². The number of ether oxygens (including phenoxy) is 2. The van der Waals surface area contributed by atoms with Crippen molar-refractivity contribution in [3.8, 4) is 0 Å². The number of carbonyl (C=O) groups is 1. The minimum atomic E-state index is -0.521. The second-order valence-corrected chi connectivity index (χ2v) is 5.62. The van der Waals surface area contributed by atoms with Crippen LogP contribution in [0.25, 0.3) is 0 Å². The molecular weight excluding hydrogens is 254 g/mol. The summed E-state index contributed by atoms with van der Waals surface area (Å²) in [5, 5.41) is 3.34. The van der Waals surface area contributed by atoms with Crippen LogP contribution in [0.2, 0.25) is 5.02 Å². The number of epoxide rings is 1. The van der Waals surface area contributed by atoms with Crippen LogP contribution in [0, 0.1) is 0 Å². The van der Waals surface area contributed by atoms with Crippen LogP contribution >= 0.6 is 11.6 Å². The number of carbonyl (C=O) groups excluding carboxylic acids is 1. The van der Waals surface area contributed by atoms with Gasteiger partial charge >= 0.3 is 6.09 Å². The fourth-order valence-electron chi connectivity index (χ4n) is 1.56. The number of benzene rings is 1. The highest BCUT2D eigenvalue weighted by atomic mass is 35.5. The van der Waals surface area contributed by atoms with Gasteiger partial charge in [0, 0.05) is 10.6 Å². The van der Waals surface area contributed by atoms with E-state index in [1.165, 1.54) is 0 Å². The molecule has 1 aromatic carbocycles. The van der Waals surface area contributed by atoms with Gasteiger partial charge in [-0.3, -0.25) is 5.32 Å². The molecule has 1 saturated heterocycles. The second kappa shape index (κ2) is 4.78. The van der Waals surface area contributed by atoms with Crippen molar-refractivity contribution < 1.29 is 14.3 Å². The lowest BCUT2D eigenvalue weighted by molar-refractivity contribution is 0.0636. The van der Waals surface area contributed by atoms with Gasteiger partial charge in [0.05, 0.1) is 12.3 Å². The van der Waals surface area contributed by atoms with Gasteiger partial charge in [0.15, 0.2) is 0 Å². The lowest BCUT2D eigenvalue weighted by atomic mass is 10.1. The van der Waals surface area contributed by atoms with Crippen LogP contribution in [0.15, 0.2) is 18.2 Å². The zero-order valence-electron chi connectivity index (χ0n) is 10.6. The molecule has 1 fully saturated rings. The normalized spacial score (nSPS) is 18.3. The van der Waals surface area contributed by atoms with Crippen molar-refractivity contribution >= 4 is 23.4 Å². The Hall–Kier alpha value is -1.26. The third-order valence-electron chi connectivity index (χ3n) is 2.33. The Morgan fingerprint density at radius 3 is 2.72 bits per heavy atom. The van der Waals surface area contributed by atoms with Crippen molar-refractivity contribution in [1.29, 1.82) is 0 Å². The smallest absolute Gasteiger partial charge is 0.412 e. The molecular formula is C13H16ClNO3. The maximum Gasteiger partial charge on any atom is 0.412 e. The summed E-state index contributed by atoms with van der Waals surface area (Å²) in [6, 6.07) is 5.27. The predicted octanol–water partition coefficient (Wildman–Crippen LogP) is 3.76. The van der Waals surface area contributed by atoms with E-state index in [0.717, 1.165) is 5.56 Å². The lowest BCUT2D eigenvalue weighted by Crippen LogP contribution is -2.27. The quantitative estimate of drug-likeness (QED) is 0.832. The van der Waals surface area contributed by atoms with Crippen molar-refractivity contribution in [3.63, 3.8) is 0 Å². The second-order valence-electron chi connectivity index (χ2n) is 5.18. The first kappa shape index (κ1) is 13.2. The summed E-state index contributed by atoms with van der Waals surface area (Å²) in [4.78, 5) is 11.7. The molecule has 1 aliphatic rings. The zero-order valence-corrected chi connectivity index (χ0v) is 11.4. The van der Waals surface area contributed by atoms with Crippen LogP contribution in [0.3, 0.4) is 0 Å². The maximum absolute atomic E-state index is 11.7. The molecule has 1 amide bonds. The Morgan fingerprint density at radius 1 is 1.50 bits per heavy atom. The average molecular weight is 270 g/mol. The van der Waals surface area contributed by atoms with Gasteiger partial charge in [0.1, 0.15) is 11.7 Å². The Balaban J connectivity index is 2.11. The van der Waals surface area contributed by atoms with Gasteiger partial charge in [0.2, 0.25) is 0 Å². The minimum Gasteiger partial charge on any atom is -0.444 e. The van der Waals surface area contributed by atoms with Crippen LogP contribution < -0.4 is 5.32 Å². The molecule has 0 bridgehead atoms. The van der Waals surface area contributed by atoms with Gasteiger partial charge in [-0.2, -0.15) is 0 Å². The summed E-state index contributed by atoms with van der Waals surface area (Å²) in [5.41, 5.74) is 1.04. The maximum atomic E-state index is 11.7. The highest BCUT2D eigenvalue weighted by Crippen LogP contribution is 2.36. The predicted molar refractivity (Wildman–Crippen MR) is 70.0 cm³/mol. The lowest BCUT2D eigenvalue weighted by Gasteiger charge is -2.20. The number of hydrogen-bond acceptors (Lipinski definition) is 3. The number of rotatable bonds is 2. The first-order valence-electron chi connectivity index (χ1n) is 5.76. The molecule has 4 nitrogen and oxygen atoms in total. The molecule has 98 valence electrons. The molecule has 0 aliphatic carbocycles. The fourth-order valence-corrected chi connectivity index (χ4v) is 1.74. The van der Waals surface area contributed by atoms with E-state index in [1.807, 2.05) is 20.8 Å². The molecule has 0 spiro atoms. The van der Waals surface area contributed by atoms with Crippen LogP contribution in [-0.2, 0) is 9.47 Å². The summed E-state index contributed by atoms with van der Waals surface area (Å²) in [5.74, 6) is 0. The van der Waals surface area contributed by atoms with Crippen molar-refractivity contribution in [3.05, 3.63) is 28.8 Å². The first-order valence-corrected chi connectivity index (χ1v) is 6.14. The topological polar surface area (TPSA) is 50.9 Å². The van der Waals surface area contributed by atoms with Crippen molar-refractivity contribution in [1.82, 2.24) is 0 Å². The van der Waals surface area contributed by atoms with E-state index in [0.29, 0.717) is 17.3 Å². The van der Waals surface area contributed by atoms with E-state index in [9.17, 15) is 4.79 Å². The summed E-state index contributed by atoms with van der Waals surface area (Å²) in [7, 11) is 0. The molecule has 1 aromatic rings. The van der Waals surface area contributed by atoms with Crippen molar-refractivity contribution in [2.75, 3.05) is 11.9 Å². The highest BCUT2D eigenvalue weighted by Gasteiger charge is 2.28. The summed E-state index contributed by atoms with van der Waals surface area (Å²) in [6.45, 7) is 6.11. The molecule has 0 saturated carbocycles. The Bertz CT molecular complexity index is 464. The van der Waals surface area contributed by atoms with Gasteiger partial charge in [-0.1, -0.05) is 11.6 Å². The number of halogens is 1. The number of hydrogen-bond donors (Lipinski definition) is 1. The molecule has 2 rings (SSSR count). The summed E-state index contributed by atoms with van der Waals surface area (Å²) < 4.78 is 10.4. The Labute approximate surface area is 111 Å². The number of amides is 1. The Kier molecular flexibility index (Phi) is 3.50. The standard InChI is InChI=1S/C13H16ClNO3/c1-13(2,3)18-12(16)15-10-5-4-8(14)6-9(10)11-7-17-11/h4-6,11H,7H2,1-3H3,(H,15,16)/t11-/m1/s1. The third kappa shape index (κ3) is 3.62. The van der Waals surface area contributed by atoms with Gasteiger partial charge in [0.25, 0.3) is 0 Å². The first-order chi connectivity index (χ1) is 8.35. The average Bonchev–Trinajstić information content (AvgIpc) is 3.01. The van der Waals surface area contributed by atoms with Crippen molar-refractivity contribution in [2.45, 2.75) is 32.5 Å². The van der Waals surface area contributed by atoms with Gasteiger partial charge in [-0.05, 0) is 39.0 Å². The molecule has 0 aromatic heterocycles. The number of anilines is 1. The minimum absolute atomic E-state index is 0.0219. The SMILES string of the molecule is CC(C)(C)OC(=O)Nc1ccc(Cl)cc1[C@H]1CO1. The molecule has 1 heterocycles. The summed E-state index contributed by atoms with van der Waals surface area (Å²) >= 11 is 5.93. The van der Waals surface area contributed by atoms with Gasteiger partial charge < -0.3 is 9.47 Å². The van der Waals surface area contributed by atoms with E-state index in [4.69, 9.17) is 21.1 Å². The van der Waals surface area contributed by atoms with Gasteiger partial charge in [-0.25, -0.2) is 4.79 Å². The van der Waals surface area contributed by atoms with Gasteiger partial charge in [-0.15, -0.1) is 0 Å². The van der Waals surface area contributed by atoms with E-state index in [1.54, 1.807) is 18.2 Å². The molecule has 0 unspecified atom stereocenters. The summed E-state index contributed by atoms with van der Waals surface area (Å²) in [6.07, 6.45) is -0.458. The van der Waals surface area contributed by atoms with Crippen LogP contribution in [0.5, 0.6) is 0 Å². The van der Waals surface area contributed by atoms with Crippen LogP contribution in [-0.4, -0.2) is 18.3 Å². The molecule has 1 N–H and O–H groups in total. The third-order valence-corrected chi connectivity index (χ3v) is 2.56. The van der Waals surface area contributed by atoms with E-state index >= 15 is 0 Å². The van der Waals surface area contributed by atoms with E-state index in [-0.39, 0.29) is 6.10 Å².